The summed E-state index contributed by atoms with van der Waals surface area (Å²) in [5, 5.41) is 0. The second kappa shape index (κ2) is 9.27. The van der Waals surface area contributed by atoms with Crippen LogP contribution in [0.25, 0.3) is 11.0 Å². The highest BCUT2D eigenvalue weighted by Crippen LogP contribution is 2.32. The van der Waals surface area contributed by atoms with E-state index in [4.69, 9.17) is 9.72 Å². The van der Waals surface area contributed by atoms with Gasteiger partial charge in [0.05, 0.1) is 27.0 Å². The molecule has 1 aliphatic heterocycles. The standard InChI is InChI=1S/C25H32N4O3S/c1-25(2,18-26-3)24-27-22-16-20(28(4)33(30,31)21-8-6-5-7-9-21)10-11-23(22)29(24)17-19-12-14-32-15-13-19/h5-11,16,18-19H,12-15,17H2,1-4H3. The second-order valence-corrected chi connectivity index (χ2v) is 11.1. The molecule has 2 heterocycles. The van der Waals surface area contributed by atoms with Gasteiger partial charge in [-0.25, -0.2) is 13.4 Å². The molecule has 0 amide bonds. The van der Waals surface area contributed by atoms with Crippen LogP contribution in [0.15, 0.2) is 58.4 Å². The fraction of sp³-hybridized carbons (Fsp3) is 0.440. The first-order chi connectivity index (χ1) is 15.7. The number of anilines is 1. The van der Waals surface area contributed by atoms with Crippen LogP contribution in [0.2, 0.25) is 0 Å². The highest BCUT2D eigenvalue weighted by atomic mass is 32.2. The van der Waals surface area contributed by atoms with Crippen molar-refractivity contribution in [2.24, 2.45) is 10.9 Å². The molecule has 176 valence electrons. The van der Waals surface area contributed by atoms with E-state index in [2.05, 4.69) is 23.4 Å². The van der Waals surface area contributed by atoms with Gasteiger partial charge in [-0.3, -0.25) is 9.30 Å². The lowest BCUT2D eigenvalue weighted by atomic mass is 9.93. The van der Waals surface area contributed by atoms with Crippen LogP contribution in [0.1, 0.15) is 32.5 Å². The number of fused-ring (bicyclic) bond motifs is 1. The molecule has 0 atom stereocenters. The van der Waals surface area contributed by atoms with Crippen LogP contribution in [0.3, 0.4) is 0 Å². The Morgan fingerprint density at radius 2 is 1.88 bits per heavy atom. The van der Waals surface area contributed by atoms with Crippen LogP contribution >= 0.6 is 0 Å². The van der Waals surface area contributed by atoms with E-state index in [1.54, 1.807) is 44.4 Å². The molecule has 33 heavy (non-hydrogen) atoms. The fourth-order valence-electron chi connectivity index (χ4n) is 4.45. The van der Waals surface area contributed by atoms with E-state index in [0.29, 0.717) is 11.6 Å². The summed E-state index contributed by atoms with van der Waals surface area (Å²) in [6, 6.07) is 14.2. The van der Waals surface area contributed by atoms with Crippen LogP contribution in [-0.4, -0.2) is 51.5 Å². The molecule has 4 rings (SSSR count). The molecule has 8 heteroatoms. The maximum atomic E-state index is 13.1. The van der Waals surface area contributed by atoms with Gasteiger partial charge in [-0.2, -0.15) is 0 Å². The molecular formula is C25H32N4O3S. The Labute approximate surface area is 196 Å². The van der Waals surface area contributed by atoms with E-state index in [0.717, 1.165) is 49.5 Å². The minimum atomic E-state index is -3.66. The van der Waals surface area contributed by atoms with Crippen LogP contribution in [0.4, 0.5) is 5.69 Å². The number of hydrogen-bond donors (Lipinski definition) is 0. The SMILES string of the molecule is CN=CC(C)(C)c1nc2cc(N(C)S(=O)(=O)c3ccccc3)ccc2n1CC1CCOCC1. The predicted octanol–water partition coefficient (Wildman–Crippen LogP) is 4.27. The average Bonchev–Trinajstić information content (AvgIpc) is 3.18. The van der Waals surface area contributed by atoms with Crippen molar-refractivity contribution in [3.63, 3.8) is 0 Å². The third-order valence-electron chi connectivity index (χ3n) is 6.31. The molecule has 1 aliphatic rings. The zero-order chi connectivity index (χ0) is 23.6. The number of nitrogens with zero attached hydrogens (tertiary/aromatic N) is 4. The van der Waals surface area contributed by atoms with E-state index in [-0.39, 0.29) is 10.3 Å². The number of hydrogen-bond acceptors (Lipinski definition) is 5. The summed E-state index contributed by atoms with van der Waals surface area (Å²) in [6.45, 7) is 6.65. The number of benzene rings is 2. The third kappa shape index (κ3) is 4.68. The highest BCUT2D eigenvalue weighted by Gasteiger charge is 2.29. The number of rotatable bonds is 7. The average molecular weight is 469 g/mol. The number of ether oxygens (including phenoxy) is 1. The van der Waals surface area contributed by atoms with Gasteiger partial charge < -0.3 is 9.30 Å². The number of aliphatic imine (C=N–C) groups is 1. The molecule has 0 saturated carbocycles. The lowest BCUT2D eigenvalue weighted by Gasteiger charge is -2.26. The molecule has 0 spiro atoms. The van der Waals surface area contributed by atoms with E-state index < -0.39 is 10.0 Å². The van der Waals surface area contributed by atoms with Gasteiger partial charge in [-0.05, 0) is 62.9 Å². The van der Waals surface area contributed by atoms with Crippen molar-refractivity contribution in [3.8, 4) is 0 Å². The van der Waals surface area contributed by atoms with Crippen LogP contribution in [0.5, 0.6) is 0 Å². The normalized spacial score (nSPS) is 16.0. The smallest absolute Gasteiger partial charge is 0.264 e. The highest BCUT2D eigenvalue weighted by molar-refractivity contribution is 7.92. The Morgan fingerprint density at radius 1 is 1.18 bits per heavy atom. The third-order valence-corrected chi connectivity index (χ3v) is 8.11. The van der Waals surface area contributed by atoms with E-state index >= 15 is 0 Å². The number of imidazole rings is 1. The van der Waals surface area contributed by atoms with Gasteiger partial charge in [-0.1, -0.05) is 18.2 Å². The number of aromatic nitrogens is 2. The van der Waals surface area contributed by atoms with Gasteiger partial charge in [0.2, 0.25) is 0 Å². The topological polar surface area (TPSA) is 76.8 Å². The van der Waals surface area contributed by atoms with Crippen molar-refractivity contribution in [3.05, 3.63) is 54.4 Å². The molecule has 1 aromatic heterocycles. The zero-order valence-corrected chi connectivity index (χ0v) is 20.5. The van der Waals surface area contributed by atoms with Crippen LogP contribution in [-0.2, 0) is 26.7 Å². The van der Waals surface area contributed by atoms with E-state index in [1.807, 2.05) is 24.4 Å². The van der Waals surface area contributed by atoms with Crippen molar-refractivity contribution in [1.29, 1.82) is 0 Å². The summed E-state index contributed by atoms with van der Waals surface area (Å²) in [5.74, 6) is 1.45. The Bertz CT molecular complexity index is 1240. The molecule has 1 fully saturated rings. The van der Waals surface area contributed by atoms with Gasteiger partial charge in [0, 0.05) is 40.1 Å². The quantitative estimate of drug-likeness (QED) is 0.485. The van der Waals surface area contributed by atoms with Crippen molar-refractivity contribution < 1.29 is 13.2 Å². The van der Waals surface area contributed by atoms with Crippen molar-refractivity contribution in [2.75, 3.05) is 31.6 Å². The second-order valence-electron chi connectivity index (χ2n) is 9.17. The molecule has 7 nitrogen and oxygen atoms in total. The van der Waals surface area contributed by atoms with Gasteiger partial charge in [0.25, 0.3) is 10.0 Å². The maximum absolute atomic E-state index is 13.1. The van der Waals surface area contributed by atoms with Crippen LogP contribution < -0.4 is 4.31 Å². The molecule has 3 aromatic rings. The van der Waals surface area contributed by atoms with Gasteiger partial charge in [0.1, 0.15) is 5.82 Å². The molecular weight excluding hydrogens is 436 g/mol. The monoisotopic (exact) mass is 468 g/mol. The summed E-state index contributed by atoms with van der Waals surface area (Å²) in [4.78, 5) is 9.52. The molecule has 0 N–H and O–H groups in total. The van der Waals surface area contributed by atoms with E-state index in [1.165, 1.54) is 4.31 Å². The lowest BCUT2D eigenvalue weighted by Crippen LogP contribution is -2.28. The minimum absolute atomic E-state index is 0.263. The minimum Gasteiger partial charge on any atom is -0.381 e. The Hall–Kier alpha value is -2.71. The summed E-state index contributed by atoms with van der Waals surface area (Å²) >= 11 is 0. The first kappa shape index (κ1) is 23.4. The van der Waals surface area contributed by atoms with Crippen molar-refractivity contribution >= 4 is 33.0 Å². The molecule has 0 unspecified atom stereocenters. The fourth-order valence-corrected chi connectivity index (χ4v) is 5.66. The molecule has 0 aliphatic carbocycles. The number of sulfonamides is 1. The first-order valence-corrected chi connectivity index (χ1v) is 12.7. The summed E-state index contributed by atoms with van der Waals surface area (Å²) in [6.07, 6.45) is 3.97. The van der Waals surface area contributed by atoms with Crippen molar-refractivity contribution in [2.45, 2.75) is 43.5 Å². The predicted molar refractivity (Wildman–Crippen MR) is 133 cm³/mol. The maximum Gasteiger partial charge on any atom is 0.264 e. The summed E-state index contributed by atoms with van der Waals surface area (Å²) in [7, 11) is -0.307. The largest absolute Gasteiger partial charge is 0.381 e. The molecule has 0 bridgehead atoms. The van der Waals surface area contributed by atoms with Gasteiger partial charge in [0.15, 0.2) is 0 Å². The Kier molecular flexibility index (Phi) is 6.59. The summed E-state index contributed by atoms with van der Waals surface area (Å²) < 4.78 is 35.4. The van der Waals surface area contributed by atoms with Crippen LogP contribution in [0, 0.1) is 5.92 Å². The van der Waals surface area contributed by atoms with Gasteiger partial charge in [-0.15, -0.1) is 0 Å². The molecule has 1 saturated heterocycles. The van der Waals surface area contributed by atoms with Gasteiger partial charge >= 0.3 is 0 Å². The van der Waals surface area contributed by atoms with E-state index in [9.17, 15) is 8.42 Å². The zero-order valence-electron chi connectivity index (χ0n) is 19.7. The Morgan fingerprint density at radius 3 is 2.55 bits per heavy atom. The lowest BCUT2D eigenvalue weighted by molar-refractivity contribution is 0.0612. The molecule has 0 radical (unpaired) electrons. The van der Waals surface area contributed by atoms with Crippen molar-refractivity contribution in [1.82, 2.24) is 9.55 Å². The summed E-state index contributed by atoms with van der Waals surface area (Å²) in [5.41, 5.74) is 2.00. The molecule has 2 aromatic carbocycles. The Balaban J connectivity index is 1.77. The first-order valence-electron chi connectivity index (χ1n) is 11.3.